The van der Waals surface area contributed by atoms with Crippen molar-refractivity contribution in [2.75, 3.05) is 0 Å². The summed E-state index contributed by atoms with van der Waals surface area (Å²) in [7, 11) is -5.52. The second kappa shape index (κ2) is 8.88. The average molecular weight is 520 g/mol. The summed E-state index contributed by atoms with van der Waals surface area (Å²) in [5.74, 6) is 0. The Kier molecular flexibility index (Phi) is 6.55. The zero-order valence-corrected chi connectivity index (χ0v) is 24.4. The van der Waals surface area contributed by atoms with Gasteiger partial charge in [-0.2, -0.15) is 0 Å². The molecule has 0 spiro atoms. The zero-order chi connectivity index (χ0) is 24.8. The predicted octanol–water partition coefficient (Wildman–Crippen LogP) is 8.16. The summed E-state index contributed by atoms with van der Waals surface area (Å²) in [4.78, 5) is 0. The van der Waals surface area contributed by atoms with Crippen LogP contribution in [0.5, 0.6) is 0 Å². The van der Waals surface area contributed by atoms with Crippen LogP contribution in [0.4, 0.5) is 0 Å². The minimum absolute atomic E-state index is 0.169. The quantitative estimate of drug-likeness (QED) is 0.142. The summed E-state index contributed by atoms with van der Waals surface area (Å²) in [6.45, 7) is 13.3. The Morgan fingerprint density at radius 2 is 0.824 bits per heavy atom. The van der Waals surface area contributed by atoms with E-state index in [0.29, 0.717) is 0 Å². The maximum atomic E-state index is 7.61. The fourth-order valence-corrected chi connectivity index (χ4v) is 11.4. The van der Waals surface area contributed by atoms with Gasteiger partial charge in [0.2, 0.25) is 0 Å². The molecule has 0 N–H and O–H groups in total. The van der Waals surface area contributed by atoms with Crippen molar-refractivity contribution in [1.82, 2.24) is 0 Å². The molecule has 0 nitrogen and oxygen atoms in total. The predicted molar refractivity (Wildman–Crippen MR) is 158 cm³/mol. The van der Waals surface area contributed by atoms with E-state index in [1.165, 1.54) is 21.5 Å². The maximum Gasteiger partial charge on any atom is 0.267 e. The van der Waals surface area contributed by atoms with Crippen LogP contribution >= 0.6 is 22.2 Å². The van der Waals surface area contributed by atoms with Gasteiger partial charge in [0.25, 0.3) is 14.8 Å². The van der Waals surface area contributed by atoms with Crippen molar-refractivity contribution in [3.8, 4) is 11.1 Å². The Bertz CT molecular complexity index is 1310. The van der Waals surface area contributed by atoms with Crippen molar-refractivity contribution in [2.24, 2.45) is 0 Å². The molecule has 0 radical (unpaired) electrons. The smallest absolute Gasteiger partial charge is 0.143 e. The summed E-state index contributed by atoms with van der Waals surface area (Å²) in [6, 6.07) is 30.0. The van der Waals surface area contributed by atoms with Gasteiger partial charge in [-0.15, -0.1) is 33.2 Å². The van der Waals surface area contributed by atoms with E-state index in [1.807, 2.05) is 0 Å². The molecule has 0 heterocycles. The van der Waals surface area contributed by atoms with Gasteiger partial charge < -0.3 is 0 Å². The monoisotopic (exact) mass is 518 g/mol. The van der Waals surface area contributed by atoms with Crippen LogP contribution in [0, 0.1) is 11.1 Å². The first-order valence-electron chi connectivity index (χ1n) is 11.8. The minimum atomic E-state index is -2.76. The summed E-state index contributed by atoms with van der Waals surface area (Å²) in [6.07, 6.45) is 0. The molecule has 0 aliphatic rings. The molecular formula is C30H32Cl2Si2. The van der Waals surface area contributed by atoms with Gasteiger partial charge in [0.05, 0.1) is 0 Å². The van der Waals surface area contributed by atoms with Crippen LogP contribution in [-0.2, 0) is 0 Å². The molecule has 0 saturated heterocycles. The van der Waals surface area contributed by atoms with Crippen LogP contribution in [0.2, 0.25) is 10.1 Å². The average Bonchev–Trinajstić information content (AvgIpc) is 2.80. The van der Waals surface area contributed by atoms with Gasteiger partial charge in [0.15, 0.2) is 0 Å². The van der Waals surface area contributed by atoms with Crippen molar-refractivity contribution in [3.05, 3.63) is 84.9 Å². The Morgan fingerprint density at radius 3 is 1.15 bits per heavy atom. The first kappa shape index (κ1) is 25.1. The van der Waals surface area contributed by atoms with E-state index in [-0.39, 0.29) is 10.1 Å². The van der Waals surface area contributed by atoms with Crippen LogP contribution < -0.4 is 10.4 Å². The van der Waals surface area contributed by atoms with Crippen molar-refractivity contribution in [1.29, 1.82) is 0 Å². The Hall–Kier alpha value is -2.03. The number of fused-ring (bicyclic) bond motifs is 2. The molecule has 34 heavy (non-hydrogen) atoms. The van der Waals surface area contributed by atoms with Gasteiger partial charge in [-0.05, 0) is 42.0 Å². The standard InChI is InChI=1S/C30H32Cl2Si2/c1-29(2,3)33(31,27-17-15-23-11-7-9-13-25(23)21-27)19-20-34(32,30(4,5)6)28-18-16-24-12-8-10-14-26(24)22-28/h7-18,21-22H,1-6H3. The van der Waals surface area contributed by atoms with E-state index < -0.39 is 14.8 Å². The normalized spacial score (nSPS) is 15.9. The fourth-order valence-electron chi connectivity index (χ4n) is 4.36. The molecular weight excluding hydrogens is 487 g/mol. The molecule has 4 aromatic rings. The van der Waals surface area contributed by atoms with Gasteiger partial charge in [-0.1, -0.05) is 126 Å². The molecule has 174 valence electrons. The molecule has 4 rings (SSSR count). The van der Waals surface area contributed by atoms with Crippen LogP contribution in [0.25, 0.3) is 21.5 Å². The van der Waals surface area contributed by atoms with E-state index in [4.69, 9.17) is 22.2 Å². The summed E-state index contributed by atoms with van der Waals surface area (Å²) >= 11 is 15.2. The molecule has 4 heteroatoms. The number of benzene rings is 4. The molecule has 2 atom stereocenters. The summed E-state index contributed by atoms with van der Waals surface area (Å²) in [5, 5.41) is 6.78. The summed E-state index contributed by atoms with van der Waals surface area (Å²) in [5.41, 5.74) is 7.39. The molecule has 0 fully saturated rings. The van der Waals surface area contributed by atoms with E-state index in [1.54, 1.807) is 0 Å². The largest absolute Gasteiger partial charge is 0.267 e. The maximum absolute atomic E-state index is 7.61. The van der Waals surface area contributed by atoms with Gasteiger partial charge in [-0.25, -0.2) is 0 Å². The van der Waals surface area contributed by atoms with Gasteiger partial charge >= 0.3 is 0 Å². The highest BCUT2D eigenvalue weighted by Crippen LogP contribution is 2.41. The third-order valence-electron chi connectivity index (χ3n) is 6.77. The molecule has 4 aromatic carbocycles. The molecule has 0 aromatic heterocycles. The van der Waals surface area contributed by atoms with Crippen LogP contribution in [0.3, 0.4) is 0 Å². The third-order valence-corrected chi connectivity index (χ3v) is 19.6. The molecule has 0 aliphatic carbocycles. The SMILES string of the molecule is CC(C)(C)[Si](Cl)(C#C[Si](Cl)(c1ccc2ccccc2c1)C(C)(C)C)c1ccc2ccccc2c1. The Labute approximate surface area is 215 Å². The van der Waals surface area contributed by atoms with E-state index in [9.17, 15) is 0 Å². The Morgan fingerprint density at radius 1 is 0.500 bits per heavy atom. The Balaban J connectivity index is 1.90. The fraction of sp³-hybridized carbons (Fsp3) is 0.267. The van der Waals surface area contributed by atoms with E-state index >= 15 is 0 Å². The first-order chi connectivity index (χ1) is 15.9. The highest BCUT2D eigenvalue weighted by molar-refractivity contribution is 7.36. The molecule has 0 aliphatic heterocycles. The topological polar surface area (TPSA) is 0 Å². The lowest BCUT2D eigenvalue weighted by atomic mass is 10.1. The van der Waals surface area contributed by atoms with Gasteiger partial charge in [-0.3, -0.25) is 0 Å². The molecule has 0 amide bonds. The lowest BCUT2D eigenvalue weighted by molar-refractivity contribution is 0.744. The first-order valence-corrected chi connectivity index (χ1v) is 17.8. The highest BCUT2D eigenvalue weighted by Gasteiger charge is 2.48. The zero-order valence-electron chi connectivity index (χ0n) is 20.8. The number of hydrogen-bond acceptors (Lipinski definition) is 0. The van der Waals surface area contributed by atoms with Crippen molar-refractivity contribution in [3.63, 3.8) is 0 Å². The molecule has 0 bridgehead atoms. The number of halogens is 2. The lowest BCUT2D eigenvalue weighted by Gasteiger charge is -2.36. The van der Waals surface area contributed by atoms with E-state index in [2.05, 4.69) is 138 Å². The molecule has 2 unspecified atom stereocenters. The summed E-state index contributed by atoms with van der Waals surface area (Å²) < 4.78 is 0. The number of rotatable bonds is 2. The third kappa shape index (κ3) is 4.48. The van der Waals surface area contributed by atoms with Crippen LogP contribution in [0.15, 0.2) is 84.9 Å². The van der Waals surface area contributed by atoms with Crippen LogP contribution in [0.1, 0.15) is 41.5 Å². The number of hydrogen-bond donors (Lipinski definition) is 0. The van der Waals surface area contributed by atoms with Crippen molar-refractivity contribution in [2.45, 2.75) is 51.6 Å². The van der Waals surface area contributed by atoms with E-state index in [0.717, 1.165) is 10.4 Å². The highest BCUT2D eigenvalue weighted by atomic mass is 35.6. The van der Waals surface area contributed by atoms with Crippen molar-refractivity contribution >= 4 is 68.8 Å². The van der Waals surface area contributed by atoms with Gasteiger partial charge in [0.1, 0.15) is 0 Å². The van der Waals surface area contributed by atoms with Crippen LogP contribution in [-0.4, -0.2) is 14.8 Å². The molecule has 0 saturated carbocycles. The second-order valence-corrected chi connectivity index (χ2v) is 21.9. The minimum Gasteiger partial charge on any atom is -0.143 e. The van der Waals surface area contributed by atoms with Crippen molar-refractivity contribution < 1.29 is 0 Å². The van der Waals surface area contributed by atoms with Gasteiger partial charge in [0, 0.05) is 0 Å². The second-order valence-electron chi connectivity index (χ2n) is 11.2. The lowest BCUT2D eigenvalue weighted by Crippen LogP contribution is -2.53.